The van der Waals surface area contributed by atoms with Crippen LogP contribution in [-0.4, -0.2) is 47.6 Å². The third-order valence-corrected chi connectivity index (χ3v) is 7.00. The number of nitrogens with one attached hydrogen (secondary N) is 2. The molecule has 7 nitrogen and oxygen atoms in total. The van der Waals surface area contributed by atoms with Crippen LogP contribution >= 0.6 is 23.8 Å². The van der Waals surface area contributed by atoms with Gasteiger partial charge in [0, 0.05) is 51.4 Å². The van der Waals surface area contributed by atoms with Crippen molar-refractivity contribution < 1.29 is 23.4 Å². The molecule has 0 unspecified atom stereocenters. The number of fused-ring (bicyclic) bond motifs is 1. The van der Waals surface area contributed by atoms with Gasteiger partial charge in [0.15, 0.2) is 22.5 Å². The third-order valence-electron chi connectivity index (χ3n) is 4.77. The third kappa shape index (κ3) is 6.86. The van der Waals surface area contributed by atoms with E-state index >= 15 is 0 Å². The van der Waals surface area contributed by atoms with Crippen molar-refractivity contribution in [1.82, 2.24) is 14.9 Å². The molecule has 34 heavy (non-hydrogen) atoms. The quantitative estimate of drug-likeness (QED) is 0.186. The molecule has 0 saturated heterocycles. The zero-order chi connectivity index (χ0) is 24.9. The fourth-order valence-corrected chi connectivity index (χ4v) is 4.32. The number of benzene rings is 1. The van der Waals surface area contributed by atoms with E-state index in [0.29, 0.717) is 22.7 Å². The first kappa shape index (κ1) is 26.3. The SMILES string of the molecule is C[Si](C)(C)CCOCn1cc(Cl)c2c(Oc3c(F)cc(NC(=S)NCCO)cc3F)ccnc21. The summed E-state index contributed by atoms with van der Waals surface area (Å²) in [6.07, 6.45) is 3.13. The minimum Gasteiger partial charge on any atom is -0.450 e. The van der Waals surface area contributed by atoms with Gasteiger partial charge in [0.05, 0.1) is 17.0 Å². The Labute approximate surface area is 208 Å². The highest BCUT2D eigenvalue weighted by Gasteiger charge is 2.19. The molecule has 0 saturated carbocycles. The van der Waals surface area contributed by atoms with Gasteiger partial charge in [-0.15, -0.1) is 0 Å². The molecule has 0 atom stereocenters. The lowest BCUT2D eigenvalue weighted by molar-refractivity contribution is 0.0899. The van der Waals surface area contributed by atoms with Crippen LogP contribution in [0.5, 0.6) is 11.5 Å². The first-order valence-electron chi connectivity index (χ1n) is 10.6. The number of nitrogens with zero attached hydrogens (tertiary/aromatic N) is 2. The number of halogens is 3. The number of aliphatic hydroxyl groups excluding tert-OH is 1. The Morgan fingerprint density at radius 2 is 1.97 bits per heavy atom. The molecule has 0 aliphatic carbocycles. The smallest absolute Gasteiger partial charge is 0.198 e. The van der Waals surface area contributed by atoms with Gasteiger partial charge < -0.3 is 29.8 Å². The van der Waals surface area contributed by atoms with Crippen LogP contribution in [0, 0.1) is 11.6 Å². The van der Waals surface area contributed by atoms with Crippen LogP contribution in [0.4, 0.5) is 14.5 Å². The minimum atomic E-state index is -1.22. The van der Waals surface area contributed by atoms with Gasteiger partial charge in [-0.2, -0.15) is 0 Å². The van der Waals surface area contributed by atoms with Crippen molar-refractivity contribution in [3.05, 3.63) is 47.2 Å². The maximum atomic E-state index is 14.7. The second-order valence-electron chi connectivity index (χ2n) is 8.78. The molecular formula is C22H27ClF2N4O3SSi. The molecule has 3 rings (SSSR count). The second kappa shape index (κ2) is 11.4. The number of aliphatic hydroxyl groups is 1. The number of ether oxygens (including phenoxy) is 2. The maximum absolute atomic E-state index is 14.7. The molecule has 3 N–H and O–H groups in total. The van der Waals surface area contributed by atoms with E-state index in [9.17, 15) is 8.78 Å². The largest absolute Gasteiger partial charge is 0.450 e. The topological polar surface area (TPSA) is 80.6 Å². The molecular weight excluding hydrogens is 502 g/mol. The molecule has 12 heteroatoms. The van der Waals surface area contributed by atoms with E-state index in [0.717, 1.165) is 18.2 Å². The Morgan fingerprint density at radius 3 is 2.62 bits per heavy atom. The Balaban J connectivity index is 1.80. The molecule has 2 aromatic heterocycles. The zero-order valence-corrected chi connectivity index (χ0v) is 21.7. The number of aromatic nitrogens is 2. The molecule has 3 aromatic rings. The first-order chi connectivity index (χ1) is 16.1. The van der Waals surface area contributed by atoms with Gasteiger partial charge in [-0.25, -0.2) is 13.8 Å². The first-order valence-corrected chi connectivity index (χ1v) is 15.1. The Kier molecular flexibility index (Phi) is 8.82. The lowest BCUT2D eigenvalue weighted by Gasteiger charge is -2.15. The summed E-state index contributed by atoms with van der Waals surface area (Å²) in [4.78, 5) is 4.34. The van der Waals surface area contributed by atoms with Gasteiger partial charge in [-0.3, -0.25) is 0 Å². The highest BCUT2D eigenvalue weighted by Crippen LogP contribution is 2.37. The van der Waals surface area contributed by atoms with Crippen molar-refractivity contribution in [3.63, 3.8) is 0 Å². The lowest BCUT2D eigenvalue weighted by Crippen LogP contribution is -2.30. The van der Waals surface area contributed by atoms with Crippen molar-refractivity contribution in [2.75, 3.05) is 25.1 Å². The Bertz CT molecular complexity index is 1150. The standard InChI is InChI=1S/C22H27ClF2N4O3SSi/c1-34(2,3)9-8-31-13-29-12-15(23)19-18(4-5-26-21(19)29)32-20-16(24)10-14(11-17(20)25)28-22(33)27-6-7-30/h4-5,10-12,30H,6-9,13H2,1-3H3,(H2,27,28,33). The number of hydrogen-bond acceptors (Lipinski definition) is 5. The Morgan fingerprint density at radius 1 is 1.26 bits per heavy atom. The molecule has 0 fully saturated rings. The highest BCUT2D eigenvalue weighted by molar-refractivity contribution is 7.80. The van der Waals surface area contributed by atoms with Gasteiger partial charge in [0.2, 0.25) is 0 Å². The molecule has 0 bridgehead atoms. The molecule has 0 radical (unpaired) electrons. The van der Waals surface area contributed by atoms with Gasteiger partial charge >= 0.3 is 0 Å². The summed E-state index contributed by atoms with van der Waals surface area (Å²) in [7, 11) is -1.22. The van der Waals surface area contributed by atoms with Crippen LogP contribution in [0.3, 0.4) is 0 Å². The van der Waals surface area contributed by atoms with Crippen LogP contribution in [-0.2, 0) is 11.5 Å². The summed E-state index contributed by atoms with van der Waals surface area (Å²) in [5.74, 6) is -2.28. The van der Waals surface area contributed by atoms with Crippen LogP contribution in [0.15, 0.2) is 30.6 Å². The summed E-state index contributed by atoms with van der Waals surface area (Å²) in [5, 5.41) is 15.0. The average molecular weight is 529 g/mol. The number of hydrogen-bond donors (Lipinski definition) is 3. The average Bonchev–Trinajstić information content (AvgIpc) is 3.08. The molecule has 0 amide bonds. The van der Waals surface area contributed by atoms with E-state index in [-0.39, 0.29) is 36.4 Å². The molecule has 2 heterocycles. The van der Waals surface area contributed by atoms with Crippen molar-refractivity contribution in [2.24, 2.45) is 0 Å². The van der Waals surface area contributed by atoms with Gasteiger partial charge in [-0.05, 0) is 24.3 Å². The number of pyridine rings is 1. The normalized spacial score (nSPS) is 11.6. The van der Waals surface area contributed by atoms with Crippen molar-refractivity contribution in [1.29, 1.82) is 0 Å². The van der Waals surface area contributed by atoms with Crippen LogP contribution in [0.1, 0.15) is 0 Å². The van der Waals surface area contributed by atoms with E-state index in [2.05, 4.69) is 35.3 Å². The van der Waals surface area contributed by atoms with Gasteiger partial charge in [-0.1, -0.05) is 31.2 Å². The molecule has 184 valence electrons. The second-order valence-corrected chi connectivity index (χ2v) is 15.2. The van der Waals surface area contributed by atoms with Crippen LogP contribution in [0.2, 0.25) is 30.7 Å². The van der Waals surface area contributed by atoms with E-state index in [1.807, 2.05) is 0 Å². The molecule has 0 aliphatic rings. The summed E-state index contributed by atoms with van der Waals surface area (Å²) < 4.78 is 42.6. The fourth-order valence-electron chi connectivity index (χ4n) is 3.05. The maximum Gasteiger partial charge on any atom is 0.198 e. The lowest BCUT2D eigenvalue weighted by atomic mass is 10.2. The summed E-state index contributed by atoms with van der Waals surface area (Å²) in [6.45, 7) is 7.76. The number of thiocarbonyl (C=S) groups is 1. The number of rotatable bonds is 10. The van der Waals surface area contributed by atoms with E-state index in [1.165, 1.54) is 12.3 Å². The van der Waals surface area contributed by atoms with Crippen molar-refractivity contribution >= 4 is 53.7 Å². The number of anilines is 1. The predicted molar refractivity (Wildman–Crippen MR) is 137 cm³/mol. The fraction of sp³-hybridized carbons (Fsp3) is 0.364. The predicted octanol–water partition coefficient (Wildman–Crippen LogP) is 5.35. The van der Waals surface area contributed by atoms with E-state index in [1.54, 1.807) is 10.8 Å². The van der Waals surface area contributed by atoms with E-state index in [4.69, 9.17) is 38.4 Å². The summed E-state index contributed by atoms with van der Waals surface area (Å²) in [5.41, 5.74) is 0.576. The van der Waals surface area contributed by atoms with Crippen LogP contribution in [0.25, 0.3) is 11.0 Å². The Hall–Kier alpha value is -2.31. The minimum absolute atomic E-state index is 0.0947. The molecule has 0 aliphatic heterocycles. The summed E-state index contributed by atoms with van der Waals surface area (Å²) >= 11 is 11.4. The molecule has 1 aromatic carbocycles. The highest BCUT2D eigenvalue weighted by atomic mass is 35.5. The van der Waals surface area contributed by atoms with E-state index < -0.39 is 25.5 Å². The molecule has 0 spiro atoms. The monoisotopic (exact) mass is 528 g/mol. The zero-order valence-electron chi connectivity index (χ0n) is 19.1. The van der Waals surface area contributed by atoms with Crippen molar-refractivity contribution in [3.8, 4) is 11.5 Å². The van der Waals surface area contributed by atoms with Crippen molar-refractivity contribution in [2.45, 2.75) is 32.4 Å². The van der Waals surface area contributed by atoms with Gasteiger partial charge in [0.25, 0.3) is 0 Å². The van der Waals surface area contributed by atoms with Gasteiger partial charge in [0.1, 0.15) is 18.1 Å². The summed E-state index contributed by atoms with van der Waals surface area (Å²) in [6, 6.07) is 4.63. The van der Waals surface area contributed by atoms with Crippen LogP contribution < -0.4 is 15.4 Å².